The number of nitrogens with two attached hydrogens (primary N) is 1. The van der Waals surface area contributed by atoms with Gasteiger partial charge in [-0.15, -0.1) is 0 Å². The van der Waals surface area contributed by atoms with Gasteiger partial charge < -0.3 is 21.1 Å². The average molecular weight is 346 g/mol. The Balaban J connectivity index is 1.61. The molecular formula is C19H18N6O. The summed E-state index contributed by atoms with van der Waals surface area (Å²) in [6, 6.07) is 15.5. The first kappa shape index (κ1) is 16.0. The highest BCUT2D eigenvalue weighted by molar-refractivity contribution is 5.67. The van der Waals surface area contributed by atoms with E-state index < -0.39 is 0 Å². The highest BCUT2D eigenvalue weighted by atomic mass is 16.3. The van der Waals surface area contributed by atoms with Crippen molar-refractivity contribution in [1.29, 1.82) is 0 Å². The van der Waals surface area contributed by atoms with Crippen LogP contribution in [0.15, 0.2) is 58.5 Å². The van der Waals surface area contributed by atoms with Gasteiger partial charge in [0.1, 0.15) is 12.0 Å². The molecule has 0 amide bonds. The second-order valence-corrected chi connectivity index (χ2v) is 5.93. The molecule has 2 aromatic carbocycles. The zero-order chi connectivity index (χ0) is 17.9. The quantitative estimate of drug-likeness (QED) is 0.559. The topological polar surface area (TPSA) is 112 Å². The largest absolute Gasteiger partial charge is 0.492 e. The Bertz CT molecular complexity index is 1070. The number of benzene rings is 2. The molecule has 7 heteroatoms. The lowest BCUT2D eigenvalue weighted by Gasteiger charge is -2.16. The van der Waals surface area contributed by atoms with Crippen molar-refractivity contribution in [3.63, 3.8) is 0 Å². The number of hydrogen-bond donors (Lipinski definition) is 4. The summed E-state index contributed by atoms with van der Waals surface area (Å²) < 4.78 is 0. The molecular weight excluding hydrogens is 328 g/mol. The van der Waals surface area contributed by atoms with Crippen LogP contribution in [0, 0.1) is 0 Å². The van der Waals surface area contributed by atoms with Gasteiger partial charge in [0.05, 0.1) is 17.1 Å². The molecule has 0 radical (unpaired) electrons. The molecule has 1 aliphatic rings. The van der Waals surface area contributed by atoms with E-state index in [1.807, 2.05) is 54.6 Å². The average Bonchev–Trinajstić information content (AvgIpc) is 3.26. The number of aromatic nitrogens is 2. The Hall–Kier alpha value is -3.45. The lowest BCUT2D eigenvalue weighted by atomic mass is 10.1. The minimum Gasteiger partial charge on any atom is -0.492 e. The third kappa shape index (κ3) is 3.20. The fourth-order valence-corrected chi connectivity index (χ4v) is 2.84. The summed E-state index contributed by atoms with van der Waals surface area (Å²) in [5.74, 6) is 0.382. The number of aromatic hydroxyl groups is 1. The van der Waals surface area contributed by atoms with Crippen LogP contribution in [0.25, 0.3) is 6.08 Å². The number of imidazole rings is 1. The van der Waals surface area contributed by atoms with Crippen molar-refractivity contribution in [1.82, 2.24) is 9.97 Å². The molecule has 26 heavy (non-hydrogen) atoms. The SMILES string of the molecule is NCC(Nc1nc(O)c(C=c2ccc3c(c2)N=CN=3)[nH]1)c1ccccc1. The van der Waals surface area contributed by atoms with Gasteiger partial charge in [0, 0.05) is 6.54 Å². The molecule has 0 saturated carbocycles. The number of aromatic amines is 1. The Morgan fingerprint density at radius 1 is 1.19 bits per heavy atom. The minimum absolute atomic E-state index is 0.0787. The van der Waals surface area contributed by atoms with Gasteiger partial charge in [0.25, 0.3) is 0 Å². The van der Waals surface area contributed by atoms with Gasteiger partial charge in [-0.2, -0.15) is 4.98 Å². The summed E-state index contributed by atoms with van der Waals surface area (Å²) in [5, 5.41) is 15.1. The highest BCUT2D eigenvalue weighted by Crippen LogP contribution is 2.21. The third-order valence-electron chi connectivity index (χ3n) is 4.16. The number of rotatable bonds is 5. The molecule has 2 heterocycles. The Labute approximate surface area is 149 Å². The van der Waals surface area contributed by atoms with Gasteiger partial charge >= 0.3 is 0 Å². The zero-order valence-corrected chi connectivity index (χ0v) is 13.9. The summed E-state index contributed by atoms with van der Waals surface area (Å²) in [7, 11) is 0. The predicted molar refractivity (Wildman–Crippen MR) is 101 cm³/mol. The van der Waals surface area contributed by atoms with Crippen LogP contribution in [-0.2, 0) is 0 Å². The standard InChI is InChI=1S/C19H18N6O/c20-10-17(13-4-2-1-3-5-13)24-19-23-16(18(26)25-19)9-12-6-7-14-15(8-12)22-11-21-14/h1-9,11,17,26H,10,20H2,(H2,23,24,25). The molecule has 0 saturated heterocycles. The molecule has 0 bridgehead atoms. The normalized spacial score (nSPS) is 14.1. The molecule has 0 aliphatic carbocycles. The molecule has 7 nitrogen and oxygen atoms in total. The predicted octanol–water partition coefficient (Wildman–Crippen LogP) is 1.35. The van der Waals surface area contributed by atoms with Gasteiger partial charge in [-0.05, 0) is 29.0 Å². The Kier molecular flexibility index (Phi) is 4.20. The lowest BCUT2D eigenvalue weighted by molar-refractivity contribution is 0.455. The highest BCUT2D eigenvalue weighted by Gasteiger charge is 2.13. The monoisotopic (exact) mass is 346 g/mol. The van der Waals surface area contributed by atoms with Crippen molar-refractivity contribution in [2.75, 3.05) is 11.9 Å². The van der Waals surface area contributed by atoms with Gasteiger partial charge in [0.2, 0.25) is 11.8 Å². The van der Waals surface area contributed by atoms with E-state index in [0.717, 1.165) is 21.8 Å². The first-order valence-corrected chi connectivity index (χ1v) is 8.25. The van der Waals surface area contributed by atoms with Crippen molar-refractivity contribution < 1.29 is 5.11 Å². The Morgan fingerprint density at radius 3 is 2.85 bits per heavy atom. The third-order valence-corrected chi connectivity index (χ3v) is 4.16. The maximum Gasteiger partial charge on any atom is 0.238 e. The van der Waals surface area contributed by atoms with Crippen LogP contribution in [-0.4, -0.2) is 28.0 Å². The molecule has 1 aliphatic heterocycles. The summed E-state index contributed by atoms with van der Waals surface area (Å²) >= 11 is 0. The van der Waals surface area contributed by atoms with Crippen molar-refractivity contribution in [3.05, 3.63) is 70.4 Å². The van der Waals surface area contributed by atoms with Gasteiger partial charge in [-0.3, -0.25) is 0 Å². The fourth-order valence-electron chi connectivity index (χ4n) is 2.84. The number of aliphatic imine (C=N–C) groups is 1. The van der Waals surface area contributed by atoms with Crippen molar-refractivity contribution >= 4 is 24.1 Å². The van der Waals surface area contributed by atoms with Crippen molar-refractivity contribution in [3.8, 4) is 5.88 Å². The van der Waals surface area contributed by atoms with Crippen LogP contribution in [0.1, 0.15) is 17.3 Å². The molecule has 3 aromatic rings. The first-order valence-electron chi connectivity index (χ1n) is 8.25. The first-order chi connectivity index (χ1) is 12.7. The van der Waals surface area contributed by atoms with Crippen LogP contribution < -0.4 is 21.6 Å². The van der Waals surface area contributed by atoms with E-state index in [4.69, 9.17) is 5.73 Å². The summed E-state index contributed by atoms with van der Waals surface area (Å²) in [4.78, 5) is 15.6. The maximum atomic E-state index is 10.1. The Morgan fingerprint density at radius 2 is 2.04 bits per heavy atom. The van der Waals surface area contributed by atoms with E-state index in [0.29, 0.717) is 18.2 Å². The second kappa shape index (κ2) is 6.81. The summed E-state index contributed by atoms with van der Waals surface area (Å²) in [5.41, 5.74) is 8.25. The van der Waals surface area contributed by atoms with Crippen molar-refractivity contribution in [2.45, 2.75) is 6.04 Å². The number of H-pyrrole nitrogens is 1. The van der Waals surface area contributed by atoms with E-state index in [1.54, 1.807) is 0 Å². The maximum absolute atomic E-state index is 10.1. The molecule has 1 unspecified atom stereocenters. The molecule has 0 spiro atoms. The molecule has 130 valence electrons. The fraction of sp³-hybridized carbons (Fsp3) is 0.105. The van der Waals surface area contributed by atoms with E-state index in [-0.39, 0.29) is 11.9 Å². The minimum atomic E-state index is -0.106. The molecule has 1 aromatic heterocycles. The van der Waals surface area contributed by atoms with Gasteiger partial charge in [0.15, 0.2) is 0 Å². The van der Waals surface area contributed by atoms with E-state index in [1.165, 1.54) is 6.34 Å². The van der Waals surface area contributed by atoms with E-state index in [9.17, 15) is 5.11 Å². The second-order valence-electron chi connectivity index (χ2n) is 5.93. The van der Waals surface area contributed by atoms with Crippen molar-refractivity contribution in [2.24, 2.45) is 15.7 Å². The summed E-state index contributed by atoms with van der Waals surface area (Å²) in [6.07, 6.45) is 3.34. The smallest absolute Gasteiger partial charge is 0.238 e. The van der Waals surface area contributed by atoms with E-state index in [2.05, 4.69) is 25.3 Å². The lowest BCUT2D eigenvalue weighted by Crippen LogP contribution is -2.21. The van der Waals surface area contributed by atoms with Crippen LogP contribution in [0.4, 0.5) is 11.6 Å². The molecule has 4 rings (SSSR count). The number of fused-ring (bicyclic) bond motifs is 1. The van der Waals surface area contributed by atoms with Crippen LogP contribution in [0.5, 0.6) is 5.88 Å². The molecule has 5 N–H and O–H groups in total. The van der Waals surface area contributed by atoms with Gasteiger partial charge in [-0.25, -0.2) is 9.98 Å². The number of nitrogens with one attached hydrogen (secondary N) is 2. The zero-order valence-electron chi connectivity index (χ0n) is 13.9. The number of hydrogen-bond acceptors (Lipinski definition) is 6. The van der Waals surface area contributed by atoms with Crippen LogP contribution in [0.2, 0.25) is 0 Å². The van der Waals surface area contributed by atoms with Crippen LogP contribution >= 0.6 is 0 Å². The number of anilines is 1. The van der Waals surface area contributed by atoms with Gasteiger partial charge in [-0.1, -0.05) is 36.4 Å². The number of nitrogens with zero attached hydrogens (tertiary/aromatic N) is 3. The molecule has 1 atom stereocenters. The van der Waals surface area contributed by atoms with Crippen LogP contribution in [0.3, 0.4) is 0 Å². The molecule has 0 fully saturated rings. The van der Waals surface area contributed by atoms with E-state index >= 15 is 0 Å². The summed E-state index contributed by atoms with van der Waals surface area (Å²) in [6.45, 7) is 0.400.